The van der Waals surface area contributed by atoms with Gasteiger partial charge in [0, 0.05) is 23.7 Å². The van der Waals surface area contributed by atoms with Gasteiger partial charge in [0.05, 0.1) is 17.1 Å². The smallest absolute Gasteiger partial charge is 0.155 e. The second-order valence-corrected chi connectivity index (χ2v) is 3.84. The molecule has 86 valence electrons. The molecule has 0 aliphatic rings. The minimum absolute atomic E-state index is 0.420. The van der Waals surface area contributed by atoms with E-state index in [4.69, 9.17) is 5.73 Å². The number of hydrogen-bond donors (Lipinski definition) is 1. The molecule has 0 saturated carbocycles. The van der Waals surface area contributed by atoms with Crippen molar-refractivity contribution in [3.63, 3.8) is 0 Å². The zero-order valence-electron chi connectivity index (χ0n) is 9.41. The molecule has 0 amide bonds. The third-order valence-corrected chi connectivity index (χ3v) is 2.67. The van der Waals surface area contributed by atoms with E-state index in [9.17, 15) is 5.26 Å². The molecule has 0 aliphatic carbocycles. The van der Waals surface area contributed by atoms with Crippen LogP contribution < -0.4 is 5.73 Å². The van der Waals surface area contributed by atoms with Gasteiger partial charge in [0.15, 0.2) is 5.82 Å². The topological polar surface area (TPSA) is 80.5 Å². The molecular formula is C13H9N5. The molecule has 2 heterocycles. The molecule has 0 saturated heterocycles. The molecule has 0 fully saturated rings. The highest BCUT2D eigenvalue weighted by Gasteiger charge is 2.07. The number of nitrogen functional groups attached to an aromatic ring is 1. The van der Waals surface area contributed by atoms with E-state index in [0.717, 1.165) is 10.9 Å². The van der Waals surface area contributed by atoms with Crippen molar-refractivity contribution in [2.24, 2.45) is 0 Å². The van der Waals surface area contributed by atoms with Crippen molar-refractivity contribution >= 4 is 16.7 Å². The first kappa shape index (κ1) is 10.3. The quantitative estimate of drug-likeness (QED) is 0.698. The highest BCUT2D eigenvalue weighted by molar-refractivity contribution is 5.85. The summed E-state index contributed by atoms with van der Waals surface area (Å²) >= 11 is 0. The molecule has 0 bridgehead atoms. The number of aromatic nitrogens is 3. The summed E-state index contributed by atoms with van der Waals surface area (Å²) in [4.78, 5) is 4.46. The maximum atomic E-state index is 9.18. The van der Waals surface area contributed by atoms with E-state index < -0.39 is 0 Å². The van der Waals surface area contributed by atoms with Crippen molar-refractivity contribution in [1.29, 1.82) is 5.26 Å². The van der Waals surface area contributed by atoms with Gasteiger partial charge >= 0.3 is 0 Å². The summed E-state index contributed by atoms with van der Waals surface area (Å²) in [7, 11) is 0. The molecule has 0 radical (unpaired) electrons. The van der Waals surface area contributed by atoms with Crippen LogP contribution in [0.2, 0.25) is 0 Å². The van der Waals surface area contributed by atoms with Gasteiger partial charge in [-0.2, -0.15) is 5.26 Å². The van der Waals surface area contributed by atoms with Crippen LogP contribution in [-0.4, -0.2) is 14.8 Å². The molecule has 3 rings (SSSR count). The molecule has 0 aliphatic heterocycles. The van der Waals surface area contributed by atoms with Crippen LogP contribution in [0.4, 0.5) is 5.82 Å². The van der Waals surface area contributed by atoms with E-state index in [1.54, 1.807) is 23.0 Å². The van der Waals surface area contributed by atoms with Gasteiger partial charge in [-0.15, -0.1) is 5.10 Å². The minimum atomic E-state index is 0.420. The summed E-state index contributed by atoms with van der Waals surface area (Å²) in [6.45, 7) is 0. The lowest BCUT2D eigenvalue weighted by atomic mass is 10.1. The molecule has 18 heavy (non-hydrogen) atoms. The van der Waals surface area contributed by atoms with Crippen molar-refractivity contribution in [1.82, 2.24) is 14.8 Å². The van der Waals surface area contributed by atoms with E-state index >= 15 is 0 Å². The number of anilines is 1. The monoisotopic (exact) mass is 235 g/mol. The fourth-order valence-electron chi connectivity index (χ4n) is 1.84. The fourth-order valence-corrected chi connectivity index (χ4v) is 1.84. The predicted octanol–water partition coefficient (Wildman–Crippen LogP) is 1.87. The normalized spacial score (nSPS) is 10.4. The summed E-state index contributed by atoms with van der Waals surface area (Å²) in [6, 6.07) is 13.1. The molecular weight excluding hydrogens is 226 g/mol. The minimum Gasteiger partial charge on any atom is -0.382 e. The molecule has 0 unspecified atom stereocenters. The van der Waals surface area contributed by atoms with E-state index in [-0.39, 0.29) is 0 Å². The Bertz CT molecular complexity index is 766. The molecule has 2 N–H and O–H groups in total. The Kier molecular flexibility index (Phi) is 2.21. The van der Waals surface area contributed by atoms with Gasteiger partial charge < -0.3 is 5.73 Å². The van der Waals surface area contributed by atoms with Crippen LogP contribution in [0.3, 0.4) is 0 Å². The average molecular weight is 235 g/mol. The first-order valence-corrected chi connectivity index (χ1v) is 5.39. The summed E-state index contributed by atoms with van der Waals surface area (Å²) in [5.41, 5.74) is 6.91. The van der Waals surface area contributed by atoms with E-state index in [1.165, 1.54) is 0 Å². The number of para-hydroxylation sites is 1. The van der Waals surface area contributed by atoms with Gasteiger partial charge in [0.1, 0.15) is 5.82 Å². The van der Waals surface area contributed by atoms with E-state index in [2.05, 4.69) is 16.2 Å². The van der Waals surface area contributed by atoms with Crippen molar-refractivity contribution in [3.8, 4) is 11.9 Å². The van der Waals surface area contributed by atoms with E-state index in [0.29, 0.717) is 17.2 Å². The van der Waals surface area contributed by atoms with Crippen LogP contribution in [0.25, 0.3) is 16.7 Å². The number of fused-ring (bicyclic) bond motifs is 1. The molecule has 5 nitrogen and oxygen atoms in total. The van der Waals surface area contributed by atoms with Crippen LogP contribution in [0.1, 0.15) is 5.56 Å². The number of nitriles is 1. The lowest BCUT2D eigenvalue weighted by Crippen LogP contribution is -2.00. The van der Waals surface area contributed by atoms with E-state index in [1.807, 2.05) is 24.3 Å². The fraction of sp³-hybridized carbons (Fsp3) is 0. The Morgan fingerprint density at radius 1 is 1.22 bits per heavy atom. The zero-order chi connectivity index (χ0) is 12.5. The van der Waals surface area contributed by atoms with Crippen molar-refractivity contribution in [2.45, 2.75) is 0 Å². The van der Waals surface area contributed by atoms with Crippen LogP contribution >= 0.6 is 0 Å². The van der Waals surface area contributed by atoms with Crippen LogP contribution in [0.15, 0.2) is 42.6 Å². The summed E-state index contributed by atoms with van der Waals surface area (Å²) in [5, 5.41) is 14.1. The average Bonchev–Trinajstić information content (AvgIpc) is 2.84. The predicted molar refractivity (Wildman–Crippen MR) is 68.0 cm³/mol. The highest BCUT2D eigenvalue weighted by atomic mass is 15.3. The number of hydrogen-bond acceptors (Lipinski definition) is 4. The van der Waals surface area contributed by atoms with Gasteiger partial charge in [-0.25, -0.2) is 9.67 Å². The highest BCUT2D eigenvalue weighted by Crippen LogP contribution is 2.19. The Hall–Kier alpha value is -2.87. The summed E-state index contributed by atoms with van der Waals surface area (Å²) in [5.74, 6) is 1.01. The third-order valence-electron chi connectivity index (χ3n) is 2.67. The van der Waals surface area contributed by atoms with Crippen molar-refractivity contribution < 1.29 is 0 Å². The largest absolute Gasteiger partial charge is 0.382 e. The number of rotatable bonds is 1. The molecule has 0 atom stereocenters. The molecule has 3 aromatic rings. The SMILES string of the molecule is N#Cc1cc(-n2ccc(N)n2)nc2ccccc12. The second-order valence-electron chi connectivity index (χ2n) is 3.84. The maximum Gasteiger partial charge on any atom is 0.155 e. The molecule has 0 spiro atoms. The maximum absolute atomic E-state index is 9.18. The standard InChI is InChI=1S/C13H9N5/c14-8-9-7-13(18-6-5-12(15)17-18)16-11-4-2-1-3-10(9)11/h1-7H,(H2,15,17). The summed E-state index contributed by atoms with van der Waals surface area (Å²) in [6.07, 6.45) is 1.72. The second kappa shape index (κ2) is 3.86. The third kappa shape index (κ3) is 1.57. The zero-order valence-corrected chi connectivity index (χ0v) is 9.41. The number of benzene rings is 1. The lowest BCUT2D eigenvalue weighted by Gasteiger charge is -2.04. The van der Waals surface area contributed by atoms with Gasteiger partial charge in [0.2, 0.25) is 0 Å². The summed E-state index contributed by atoms with van der Waals surface area (Å²) < 4.78 is 1.56. The number of nitrogens with zero attached hydrogens (tertiary/aromatic N) is 4. The van der Waals surface area contributed by atoms with Crippen LogP contribution in [-0.2, 0) is 0 Å². The van der Waals surface area contributed by atoms with Gasteiger partial charge in [0.25, 0.3) is 0 Å². The van der Waals surface area contributed by atoms with Crippen LogP contribution in [0, 0.1) is 11.3 Å². The van der Waals surface area contributed by atoms with Gasteiger partial charge in [-0.3, -0.25) is 0 Å². The van der Waals surface area contributed by atoms with Crippen molar-refractivity contribution in [2.75, 3.05) is 5.73 Å². The molecule has 2 aromatic heterocycles. The van der Waals surface area contributed by atoms with Crippen molar-refractivity contribution in [3.05, 3.63) is 48.2 Å². The van der Waals surface area contributed by atoms with Gasteiger partial charge in [-0.1, -0.05) is 18.2 Å². The molecule has 5 heteroatoms. The number of pyridine rings is 1. The number of nitrogens with two attached hydrogens (primary N) is 1. The van der Waals surface area contributed by atoms with Gasteiger partial charge in [-0.05, 0) is 6.07 Å². The Morgan fingerprint density at radius 3 is 2.78 bits per heavy atom. The first-order chi connectivity index (χ1) is 8.78. The van der Waals surface area contributed by atoms with Crippen LogP contribution in [0.5, 0.6) is 0 Å². The Balaban J connectivity index is 2.29. The Labute approximate surface area is 103 Å². The Morgan fingerprint density at radius 2 is 2.06 bits per heavy atom. The lowest BCUT2D eigenvalue weighted by molar-refractivity contribution is 0.857. The first-order valence-electron chi connectivity index (χ1n) is 5.39. The molecule has 1 aromatic carbocycles.